The van der Waals surface area contributed by atoms with E-state index in [1.165, 1.54) is 11.1 Å². The third-order valence-electron chi connectivity index (χ3n) is 3.63. The van der Waals surface area contributed by atoms with E-state index in [4.69, 9.17) is 0 Å². The summed E-state index contributed by atoms with van der Waals surface area (Å²) in [6.45, 7) is -1.57. The van der Waals surface area contributed by atoms with Crippen molar-refractivity contribution < 1.29 is 23.0 Å². The summed E-state index contributed by atoms with van der Waals surface area (Å²) in [4.78, 5) is 0. The Morgan fingerprint density at radius 1 is 1.30 bits per heavy atom. The number of alkyl halides is 3. The van der Waals surface area contributed by atoms with Crippen LogP contribution >= 0.6 is 0 Å². The monoisotopic (exact) mass is 288 g/mol. The van der Waals surface area contributed by atoms with Crippen molar-refractivity contribution in [1.82, 2.24) is 0 Å². The van der Waals surface area contributed by atoms with Gasteiger partial charge < -0.3 is 9.84 Å². The van der Waals surface area contributed by atoms with E-state index in [2.05, 4.69) is 10.8 Å². The maximum Gasteiger partial charge on any atom is 0.411 e. The highest BCUT2D eigenvalue weighted by Crippen LogP contribution is 2.34. The van der Waals surface area contributed by atoms with Crippen molar-refractivity contribution in [3.63, 3.8) is 0 Å². The lowest BCUT2D eigenvalue weighted by Gasteiger charge is -2.27. The van der Waals surface area contributed by atoms with E-state index in [0.717, 1.165) is 19.3 Å². The molecule has 2 rings (SSSR count). The molecule has 1 N–H and O–H groups in total. The fourth-order valence-corrected chi connectivity index (χ4v) is 2.81. The van der Waals surface area contributed by atoms with E-state index in [-0.39, 0.29) is 12.5 Å². The second-order valence-corrected chi connectivity index (χ2v) is 5.31. The molecule has 5 heteroatoms. The lowest BCUT2D eigenvalue weighted by molar-refractivity contribution is -0.179. The molecule has 2 nitrogen and oxygen atoms in total. The number of rotatable bonds is 5. The molecule has 0 amide bonds. The normalized spacial score (nSPS) is 20.5. The van der Waals surface area contributed by atoms with Crippen LogP contribution in [0.5, 0.6) is 0 Å². The van der Waals surface area contributed by atoms with E-state index in [1.54, 1.807) is 0 Å². The molecule has 112 valence electrons. The quantitative estimate of drug-likeness (QED) is 0.899. The molecule has 0 saturated heterocycles. The average molecular weight is 288 g/mol. The molecule has 0 fully saturated rings. The lowest BCUT2D eigenvalue weighted by Crippen LogP contribution is -2.25. The topological polar surface area (TPSA) is 29.5 Å². The van der Waals surface area contributed by atoms with Gasteiger partial charge >= 0.3 is 6.18 Å². The number of ether oxygens (including phenoxy) is 1. The Kier molecular flexibility index (Phi) is 5.05. The minimum absolute atomic E-state index is 0.212. The van der Waals surface area contributed by atoms with Crippen molar-refractivity contribution in [3.05, 3.63) is 35.4 Å². The molecule has 1 aliphatic carbocycles. The van der Waals surface area contributed by atoms with Crippen molar-refractivity contribution in [1.29, 1.82) is 0 Å². The summed E-state index contributed by atoms with van der Waals surface area (Å²) in [5, 5.41) is 9.83. The minimum Gasteiger partial charge on any atom is -0.391 e. The Balaban J connectivity index is 1.85. The molecule has 20 heavy (non-hydrogen) atoms. The maximum atomic E-state index is 12.0. The maximum absolute atomic E-state index is 12.0. The second kappa shape index (κ2) is 6.59. The highest BCUT2D eigenvalue weighted by Gasteiger charge is 2.28. The molecule has 2 atom stereocenters. The van der Waals surface area contributed by atoms with Crippen LogP contribution in [0.4, 0.5) is 13.2 Å². The van der Waals surface area contributed by atoms with Crippen molar-refractivity contribution in [2.45, 2.75) is 43.9 Å². The van der Waals surface area contributed by atoms with E-state index >= 15 is 0 Å². The van der Waals surface area contributed by atoms with E-state index < -0.39 is 18.9 Å². The summed E-state index contributed by atoms with van der Waals surface area (Å²) in [6.07, 6.45) is -1.68. The van der Waals surface area contributed by atoms with Crippen LogP contribution in [0.2, 0.25) is 0 Å². The van der Waals surface area contributed by atoms with Crippen LogP contribution in [-0.2, 0) is 11.2 Å². The zero-order chi connectivity index (χ0) is 14.6. The summed E-state index contributed by atoms with van der Waals surface area (Å²) in [5.41, 5.74) is 2.50. The van der Waals surface area contributed by atoms with Gasteiger partial charge in [0.1, 0.15) is 6.61 Å². The van der Waals surface area contributed by atoms with Gasteiger partial charge in [-0.3, -0.25) is 0 Å². The molecule has 2 unspecified atom stereocenters. The summed E-state index contributed by atoms with van der Waals surface area (Å²) in [5.74, 6) is 0.212. The molecule has 1 aromatic carbocycles. The van der Waals surface area contributed by atoms with Crippen LogP contribution in [0, 0.1) is 0 Å². The van der Waals surface area contributed by atoms with Crippen molar-refractivity contribution in [3.8, 4) is 0 Å². The summed E-state index contributed by atoms with van der Waals surface area (Å²) in [7, 11) is 0. The predicted molar refractivity (Wildman–Crippen MR) is 69.6 cm³/mol. The molecule has 0 aliphatic heterocycles. The van der Waals surface area contributed by atoms with Gasteiger partial charge in [0.2, 0.25) is 0 Å². The number of benzene rings is 1. The Labute approximate surface area is 116 Å². The number of fused-ring (bicyclic) bond motifs is 1. The van der Waals surface area contributed by atoms with Gasteiger partial charge in [0.15, 0.2) is 0 Å². The van der Waals surface area contributed by atoms with Crippen LogP contribution in [-0.4, -0.2) is 30.6 Å². The molecular weight excluding hydrogens is 269 g/mol. The standard InChI is InChI=1S/C15H19F3O2/c16-15(17,18)10-20-9-13(19)8-12-6-3-5-11-4-1-2-7-14(11)12/h1-2,4,7,12-13,19H,3,5-6,8-10H2. The number of aliphatic hydroxyl groups is 1. The zero-order valence-electron chi connectivity index (χ0n) is 11.2. The Bertz CT molecular complexity index is 431. The Morgan fingerprint density at radius 3 is 2.80 bits per heavy atom. The zero-order valence-corrected chi connectivity index (χ0v) is 11.2. The summed E-state index contributed by atoms with van der Waals surface area (Å²) >= 11 is 0. The van der Waals surface area contributed by atoms with Crippen LogP contribution in [0.3, 0.4) is 0 Å². The van der Waals surface area contributed by atoms with Crippen LogP contribution < -0.4 is 0 Å². The molecule has 0 heterocycles. The fourth-order valence-electron chi connectivity index (χ4n) is 2.81. The van der Waals surface area contributed by atoms with Crippen molar-refractivity contribution in [2.24, 2.45) is 0 Å². The first-order chi connectivity index (χ1) is 9.46. The predicted octanol–water partition coefficient (Wildman–Crippen LogP) is 3.44. The third kappa shape index (κ3) is 4.49. The number of hydrogen-bond acceptors (Lipinski definition) is 2. The average Bonchev–Trinajstić information content (AvgIpc) is 2.37. The van der Waals surface area contributed by atoms with Crippen LogP contribution in [0.25, 0.3) is 0 Å². The molecule has 1 aromatic rings. The van der Waals surface area contributed by atoms with Gasteiger partial charge in [0.05, 0.1) is 12.7 Å². The smallest absolute Gasteiger partial charge is 0.391 e. The molecule has 0 aromatic heterocycles. The number of hydrogen-bond donors (Lipinski definition) is 1. The first-order valence-corrected chi connectivity index (χ1v) is 6.86. The van der Waals surface area contributed by atoms with E-state index in [0.29, 0.717) is 6.42 Å². The van der Waals surface area contributed by atoms with Crippen LogP contribution in [0.1, 0.15) is 36.3 Å². The van der Waals surface area contributed by atoms with Gasteiger partial charge in [-0.2, -0.15) is 13.2 Å². The van der Waals surface area contributed by atoms with E-state index in [1.807, 2.05) is 18.2 Å². The molecule has 1 aliphatic rings. The Hall–Kier alpha value is -1.07. The summed E-state index contributed by atoms with van der Waals surface area (Å²) in [6, 6.07) is 8.07. The second-order valence-electron chi connectivity index (χ2n) is 5.31. The largest absolute Gasteiger partial charge is 0.411 e. The molecule has 0 spiro atoms. The van der Waals surface area contributed by atoms with Gasteiger partial charge in [0, 0.05) is 0 Å². The highest BCUT2D eigenvalue weighted by molar-refractivity contribution is 5.32. The van der Waals surface area contributed by atoms with Gasteiger partial charge in [-0.05, 0) is 42.7 Å². The first-order valence-electron chi connectivity index (χ1n) is 6.86. The van der Waals surface area contributed by atoms with Crippen molar-refractivity contribution >= 4 is 0 Å². The van der Waals surface area contributed by atoms with Gasteiger partial charge in [-0.25, -0.2) is 0 Å². The van der Waals surface area contributed by atoms with Crippen molar-refractivity contribution in [2.75, 3.05) is 13.2 Å². The number of aryl methyl sites for hydroxylation is 1. The molecular formula is C15H19F3O2. The third-order valence-corrected chi connectivity index (χ3v) is 3.63. The minimum atomic E-state index is -4.34. The van der Waals surface area contributed by atoms with Gasteiger partial charge in [-0.15, -0.1) is 0 Å². The van der Waals surface area contributed by atoms with Gasteiger partial charge in [-0.1, -0.05) is 24.3 Å². The number of aliphatic hydroxyl groups excluding tert-OH is 1. The van der Waals surface area contributed by atoms with Gasteiger partial charge in [0.25, 0.3) is 0 Å². The number of halogens is 3. The lowest BCUT2D eigenvalue weighted by atomic mass is 9.80. The molecule has 0 radical (unpaired) electrons. The molecule has 0 saturated carbocycles. The fraction of sp³-hybridized carbons (Fsp3) is 0.600. The summed E-state index contributed by atoms with van der Waals surface area (Å²) < 4.78 is 40.4. The molecule has 0 bridgehead atoms. The van der Waals surface area contributed by atoms with Crippen LogP contribution in [0.15, 0.2) is 24.3 Å². The highest BCUT2D eigenvalue weighted by atomic mass is 19.4. The Morgan fingerprint density at radius 2 is 2.05 bits per heavy atom. The first kappa shape index (κ1) is 15.3. The van der Waals surface area contributed by atoms with E-state index in [9.17, 15) is 18.3 Å². The SMILES string of the molecule is OC(COCC(F)(F)F)CC1CCCc2ccccc21.